The zero-order valence-corrected chi connectivity index (χ0v) is 12.9. The number of carbonyl (C=O) groups excluding carboxylic acids is 2. The van der Waals surface area contributed by atoms with Crippen LogP contribution in [-0.4, -0.2) is 24.5 Å². The van der Waals surface area contributed by atoms with Crippen LogP contribution in [0.4, 0.5) is 10.5 Å². The maximum absolute atomic E-state index is 11.7. The van der Waals surface area contributed by atoms with Crippen LogP contribution in [0, 0.1) is 0 Å². The Hall–Kier alpha value is -1.46. The van der Waals surface area contributed by atoms with Gasteiger partial charge in [0.15, 0.2) is 0 Å². The summed E-state index contributed by atoms with van der Waals surface area (Å²) >= 11 is 11.7. The molecule has 1 saturated carbocycles. The van der Waals surface area contributed by atoms with Gasteiger partial charge in [0.25, 0.3) is 0 Å². The van der Waals surface area contributed by atoms with E-state index in [2.05, 4.69) is 16.0 Å². The van der Waals surface area contributed by atoms with Crippen LogP contribution in [0.1, 0.15) is 25.7 Å². The first kappa shape index (κ1) is 15.9. The fourth-order valence-electron chi connectivity index (χ4n) is 2.25. The number of amides is 3. The number of hydrogen-bond acceptors (Lipinski definition) is 3. The zero-order valence-electron chi connectivity index (χ0n) is 11.4. The molecule has 2 rings (SSSR count). The van der Waals surface area contributed by atoms with E-state index in [1.54, 1.807) is 18.2 Å². The minimum Gasteiger partial charge on any atom is -0.376 e. The summed E-state index contributed by atoms with van der Waals surface area (Å²) < 4.78 is 0. The highest BCUT2D eigenvalue weighted by Gasteiger charge is 2.17. The van der Waals surface area contributed by atoms with Crippen molar-refractivity contribution in [1.29, 1.82) is 0 Å². The van der Waals surface area contributed by atoms with Gasteiger partial charge in [0, 0.05) is 11.7 Å². The second-order valence-corrected chi connectivity index (χ2v) is 5.80. The monoisotopic (exact) mass is 329 g/mol. The summed E-state index contributed by atoms with van der Waals surface area (Å²) in [6.07, 6.45) is 4.20. The Morgan fingerprint density at radius 1 is 1.14 bits per heavy atom. The molecule has 1 fully saturated rings. The molecule has 1 aliphatic carbocycles. The summed E-state index contributed by atoms with van der Waals surface area (Å²) in [5.41, 5.74) is 0.663. The van der Waals surface area contributed by atoms with Gasteiger partial charge in [-0.1, -0.05) is 36.0 Å². The van der Waals surface area contributed by atoms with E-state index in [0.717, 1.165) is 25.7 Å². The molecule has 0 atom stereocenters. The molecule has 5 nitrogen and oxygen atoms in total. The first-order valence-electron chi connectivity index (χ1n) is 6.84. The minimum atomic E-state index is -0.442. The molecule has 0 unspecified atom stereocenters. The van der Waals surface area contributed by atoms with E-state index in [1.165, 1.54) is 0 Å². The number of anilines is 1. The van der Waals surface area contributed by atoms with E-state index >= 15 is 0 Å². The highest BCUT2D eigenvalue weighted by molar-refractivity contribution is 6.42. The molecule has 21 heavy (non-hydrogen) atoms. The van der Waals surface area contributed by atoms with Crippen LogP contribution in [0.5, 0.6) is 0 Å². The first-order chi connectivity index (χ1) is 10.0. The number of hydrogen-bond donors (Lipinski definition) is 3. The lowest BCUT2D eigenvalue weighted by molar-refractivity contribution is -0.118. The van der Waals surface area contributed by atoms with Crippen molar-refractivity contribution >= 4 is 40.8 Å². The highest BCUT2D eigenvalue weighted by atomic mass is 35.5. The third kappa shape index (κ3) is 5.10. The van der Waals surface area contributed by atoms with Crippen molar-refractivity contribution in [1.82, 2.24) is 10.6 Å². The summed E-state index contributed by atoms with van der Waals surface area (Å²) in [6, 6.07) is 4.70. The Kier molecular flexibility index (Phi) is 5.70. The largest absolute Gasteiger partial charge is 0.376 e. The molecule has 3 N–H and O–H groups in total. The lowest BCUT2D eigenvalue weighted by Crippen LogP contribution is -2.45. The van der Waals surface area contributed by atoms with Crippen LogP contribution in [0.3, 0.4) is 0 Å². The van der Waals surface area contributed by atoms with Gasteiger partial charge < -0.3 is 10.6 Å². The van der Waals surface area contributed by atoms with Gasteiger partial charge in [0.1, 0.15) is 0 Å². The van der Waals surface area contributed by atoms with Crippen molar-refractivity contribution in [3.63, 3.8) is 0 Å². The molecular weight excluding hydrogens is 313 g/mol. The van der Waals surface area contributed by atoms with Crippen molar-refractivity contribution in [2.24, 2.45) is 0 Å². The van der Waals surface area contributed by atoms with Crippen LogP contribution >= 0.6 is 23.2 Å². The quantitative estimate of drug-likeness (QED) is 0.794. The van der Waals surface area contributed by atoms with Gasteiger partial charge >= 0.3 is 6.03 Å². The maximum atomic E-state index is 11.7. The lowest BCUT2D eigenvalue weighted by atomic mass is 10.2. The average molecular weight is 330 g/mol. The predicted octanol–water partition coefficient (Wildman–Crippen LogP) is 3.17. The van der Waals surface area contributed by atoms with Crippen LogP contribution < -0.4 is 16.0 Å². The summed E-state index contributed by atoms with van der Waals surface area (Å²) in [5.74, 6) is -0.406. The van der Waals surface area contributed by atoms with Crippen molar-refractivity contribution in [3.05, 3.63) is 28.2 Å². The fourth-order valence-corrected chi connectivity index (χ4v) is 2.55. The van der Waals surface area contributed by atoms with Gasteiger partial charge in [-0.05, 0) is 31.0 Å². The zero-order chi connectivity index (χ0) is 15.2. The molecule has 0 aromatic heterocycles. The second-order valence-electron chi connectivity index (χ2n) is 4.99. The molecule has 0 bridgehead atoms. The number of nitrogens with one attached hydrogen (secondary N) is 3. The second kappa shape index (κ2) is 7.52. The van der Waals surface area contributed by atoms with Gasteiger partial charge in [-0.15, -0.1) is 0 Å². The molecule has 114 valence electrons. The molecule has 7 heteroatoms. The normalized spacial score (nSPS) is 14.8. The standard InChI is InChI=1S/C14H17Cl2N3O2/c15-11-6-5-10(7-12(11)16)17-8-13(20)19-14(21)18-9-3-1-2-4-9/h5-7,9,17H,1-4,8H2,(H2,18,19,20,21). The molecule has 1 aromatic carbocycles. The van der Waals surface area contributed by atoms with E-state index in [-0.39, 0.29) is 12.6 Å². The molecule has 0 aliphatic heterocycles. The molecule has 0 spiro atoms. The summed E-state index contributed by atoms with van der Waals surface area (Å²) in [6.45, 7) is -0.0178. The Morgan fingerprint density at radius 3 is 2.52 bits per heavy atom. The molecule has 0 saturated heterocycles. The number of halogens is 2. The number of imide groups is 1. The van der Waals surface area contributed by atoms with Gasteiger partial charge in [-0.25, -0.2) is 4.79 Å². The summed E-state index contributed by atoms with van der Waals surface area (Å²) in [5, 5.41) is 8.81. The molecular formula is C14H17Cl2N3O2. The Balaban J connectivity index is 1.73. The van der Waals surface area contributed by atoms with E-state index in [4.69, 9.17) is 23.2 Å². The topological polar surface area (TPSA) is 70.2 Å². The Labute approximate surface area is 133 Å². The molecule has 1 aromatic rings. The molecule has 0 radical (unpaired) electrons. The summed E-state index contributed by atoms with van der Waals surface area (Å²) in [7, 11) is 0. The van der Waals surface area contributed by atoms with Gasteiger partial charge in [-0.2, -0.15) is 0 Å². The van der Waals surface area contributed by atoms with E-state index in [1.807, 2.05) is 0 Å². The SMILES string of the molecule is O=C(CNc1ccc(Cl)c(Cl)c1)NC(=O)NC1CCCC1. The number of urea groups is 1. The minimum absolute atomic E-state index is 0.0178. The third-order valence-electron chi connectivity index (χ3n) is 3.32. The first-order valence-corrected chi connectivity index (χ1v) is 7.59. The van der Waals surface area contributed by atoms with Crippen molar-refractivity contribution < 1.29 is 9.59 Å². The van der Waals surface area contributed by atoms with Gasteiger partial charge in [0.05, 0.1) is 16.6 Å². The van der Waals surface area contributed by atoms with Gasteiger partial charge in [0.2, 0.25) is 5.91 Å². The van der Waals surface area contributed by atoms with Crippen molar-refractivity contribution in [2.45, 2.75) is 31.7 Å². The van der Waals surface area contributed by atoms with E-state index < -0.39 is 11.9 Å². The predicted molar refractivity (Wildman–Crippen MR) is 83.9 cm³/mol. The van der Waals surface area contributed by atoms with Gasteiger partial charge in [-0.3, -0.25) is 10.1 Å². The number of benzene rings is 1. The maximum Gasteiger partial charge on any atom is 0.321 e. The molecule has 1 aliphatic rings. The average Bonchev–Trinajstić information content (AvgIpc) is 2.92. The lowest BCUT2D eigenvalue weighted by Gasteiger charge is -2.12. The van der Waals surface area contributed by atoms with Crippen LogP contribution in [0.2, 0.25) is 10.0 Å². The molecule has 0 heterocycles. The summed E-state index contributed by atoms with van der Waals surface area (Å²) in [4.78, 5) is 23.3. The van der Waals surface area contributed by atoms with Crippen LogP contribution in [-0.2, 0) is 4.79 Å². The van der Waals surface area contributed by atoms with Crippen LogP contribution in [0.25, 0.3) is 0 Å². The smallest absolute Gasteiger partial charge is 0.321 e. The fraction of sp³-hybridized carbons (Fsp3) is 0.429. The number of rotatable bonds is 4. The Morgan fingerprint density at radius 2 is 1.86 bits per heavy atom. The highest BCUT2D eigenvalue weighted by Crippen LogP contribution is 2.24. The van der Waals surface area contributed by atoms with Crippen molar-refractivity contribution in [3.8, 4) is 0 Å². The Bertz CT molecular complexity index is 531. The van der Waals surface area contributed by atoms with E-state index in [9.17, 15) is 9.59 Å². The van der Waals surface area contributed by atoms with Crippen LogP contribution in [0.15, 0.2) is 18.2 Å². The number of carbonyl (C=O) groups is 2. The van der Waals surface area contributed by atoms with E-state index in [0.29, 0.717) is 15.7 Å². The van der Waals surface area contributed by atoms with Crippen molar-refractivity contribution in [2.75, 3.05) is 11.9 Å². The molecule has 3 amide bonds. The third-order valence-corrected chi connectivity index (χ3v) is 4.06.